The van der Waals surface area contributed by atoms with E-state index in [2.05, 4.69) is 10.2 Å². The van der Waals surface area contributed by atoms with Crippen molar-refractivity contribution in [3.05, 3.63) is 0 Å². The number of hydrogen-bond donors (Lipinski definition) is 0. The highest BCUT2D eigenvalue weighted by Crippen LogP contribution is 2.81. The molecule has 0 radical (unpaired) electrons. The molecule has 4 atom stereocenters. The molecule has 1 heterocycles. The molecular weight excluding hydrogens is 160 g/mol. The Labute approximate surface area is 77.8 Å². The standard InChI is InChI=1S/C11H14N2/c1-2-10(1)5-6-8-7(10)9(13-12-8)11(6)3-4-11/h6-9H,1-5H2/t6-,7+,8-,9?/m1/s1. The van der Waals surface area contributed by atoms with E-state index in [1.54, 1.807) is 0 Å². The van der Waals surface area contributed by atoms with E-state index in [0.717, 1.165) is 17.3 Å². The second kappa shape index (κ2) is 1.39. The third kappa shape index (κ3) is 0.435. The molecule has 0 aromatic rings. The Kier molecular flexibility index (Phi) is 0.659. The van der Waals surface area contributed by atoms with Crippen LogP contribution in [0.5, 0.6) is 0 Å². The first-order chi connectivity index (χ1) is 6.36. The van der Waals surface area contributed by atoms with Gasteiger partial charge in [-0.15, -0.1) is 0 Å². The van der Waals surface area contributed by atoms with Gasteiger partial charge in [-0.25, -0.2) is 0 Å². The summed E-state index contributed by atoms with van der Waals surface area (Å²) in [6.45, 7) is 0. The number of hydrogen-bond acceptors (Lipinski definition) is 2. The monoisotopic (exact) mass is 174 g/mol. The van der Waals surface area contributed by atoms with Crippen LogP contribution in [0.25, 0.3) is 0 Å². The molecular formula is C11H14N2. The second-order valence-electron chi connectivity index (χ2n) is 6.10. The molecule has 1 unspecified atom stereocenters. The maximum Gasteiger partial charge on any atom is 0.0822 e. The van der Waals surface area contributed by atoms with Gasteiger partial charge in [0.2, 0.25) is 0 Å². The van der Waals surface area contributed by atoms with Gasteiger partial charge in [0.15, 0.2) is 0 Å². The first-order valence-corrected chi connectivity index (χ1v) is 5.76. The fourth-order valence-corrected chi connectivity index (χ4v) is 4.95. The van der Waals surface area contributed by atoms with Gasteiger partial charge in [0.25, 0.3) is 0 Å². The van der Waals surface area contributed by atoms with E-state index in [1.807, 2.05) is 0 Å². The fourth-order valence-electron chi connectivity index (χ4n) is 4.95. The zero-order valence-electron chi connectivity index (χ0n) is 7.74. The van der Waals surface area contributed by atoms with Gasteiger partial charge < -0.3 is 0 Å². The lowest BCUT2D eigenvalue weighted by molar-refractivity contribution is 0.181. The summed E-state index contributed by atoms with van der Waals surface area (Å²) in [5.41, 5.74) is 1.49. The molecule has 0 N–H and O–H groups in total. The van der Waals surface area contributed by atoms with Gasteiger partial charge in [-0.05, 0) is 48.9 Å². The summed E-state index contributed by atoms with van der Waals surface area (Å²) in [6.07, 6.45) is 7.48. The topological polar surface area (TPSA) is 24.7 Å². The molecule has 0 saturated heterocycles. The molecule has 1 aliphatic heterocycles. The fraction of sp³-hybridized carbons (Fsp3) is 1.00. The van der Waals surface area contributed by atoms with E-state index in [1.165, 1.54) is 32.1 Å². The zero-order chi connectivity index (χ0) is 8.26. The Balaban J connectivity index is 1.75. The lowest BCUT2D eigenvalue weighted by Gasteiger charge is -2.32. The summed E-state index contributed by atoms with van der Waals surface area (Å²) in [5, 5.41) is 9.09. The summed E-state index contributed by atoms with van der Waals surface area (Å²) in [4.78, 5) is 0. The maximum absolute atomic E-state index is 4.56. The maximum atomic E-state index is 4.56. The van der Waals surface area contributed by atoms with Crippen molar-refractivity contribution < 1.29 is 0 Å². The predicted octanol–water partition coefficient (Wildman–Crippen LogP) is 2.40. The Morgan fingerprint density at radius 2 is 1.85 bits per heavy atom. The lowest BCUT2D eigenvalue weighted by atomic mass is 9.74. The molecule has 0 aromatic carbocycles. The van der Waals surface area contributed by atoms with Crippen molar-refractivity contribution in [3.8, 4) is 0 Å². The molecule has 2 heteroatoms. The van der Waals surface area contributed by atoms with Crippen LogP contribution < -0.4 is 0 Å². The van der Waals surface area contributed by atoms with Gasteiger partial charge in [-0.3, -0.25) is 0 Å². The molecule has 5 aliphatic rings. The highest BCUT2D eigenvalue weighted by Gasteiger charge is 2.79. The summed E-state index contributed by atoms with van der Waals surface area (Å²) in [5.74, 6) is 1.89. The molecule has 2 spiro atoms. The molecule has 0 amide bonds. The smallest absolute Gasteiger partial charge is 0.0822 e. The molecule has 68 valence electrons. The first kappa shape index (κ1) is 6.15. The second-order valence-corrected chi connectivity index (χ2v) is 6.10. The molecule has 5 rings (SSSR count). The van der Waals surface area contributed by atoms with Crippen molar-refractivity contribution >= 4 is 0 Å². The van der Waals surface area contributed by atoms with E-state index in [4.69, 9.17) is 0 Å². The van der Waals surface area contributed by atoms with Crippen LogP contribution in [0.15, 0.2) is 10.2 Å². The molecule has 4 aliphatic carbocycles. The van der Waals surface area contributed by atoms with E-state index in [-0.39, 0.29) is 0 Å². The van der Waals surface area contributed by atoms with Crippen LogP contribution >= 0.6 is 0 Å². The minimum absolute atomic E-state index is 0.690. The van der Waals surface area contributed by atoms with Crippen molar-refractivity contribution in [2.24, 2.45) is 32.9 Å². The number of azo groups is 1. The van der Waals surface area contributed by atoms with Crippen LogP contribution in [0.2, 0.25) is 0 Å². The molecule has 13 heavy (non-hydrogen) atoms. The lowest BCUT2D eigenvalue weighted by Crippen LogP contribution is -2.33. The third-order valence-electron chi connectivity index (χ3n) is 5.83. The Hall–Kier alpha value is -0.400. The van der Waals surface area contributed by atoms with Crippen LogP contribution in [0.4, 0.5) is 0 Å². The zero-order valence-corrected chi connectivity index (χ0v) is 7.74. The average molecular weight is 174 g/mol. The van der Waals surface area contributed by atoms with Crippen molar-refractivity contribution in [3.63, 3.8) is 0 Å². The summed E-state index contributed by atoms with van der Waals surface area (Å²) >= 11 is 0. The van der Waals surface area contributed by atoms with Crippen molar-refractivity contribution in [1.82, 2.24) is 0 Å². The molecule has 4 fully saturated rings. The van der Waals surface area contributed by atoms with Gasteiger partial charge >= 0.3 is 0 Å². The summed E-state index contributed by atoms with van der Waals surface area (Å²) in [7, 11) is 0. The molecule has 4 bridgehead atoms. The number of nitrogens with zero attached hydrogens (tertiary/aromatic N) is 2. The van der Waals surface area contributed by atoms with Crippen LogP contribution in [0, 0.1) is 22.7 Å². The molecule has 4 saturated carbocycles. The first-order valence-electron chi connectivity index (χ1n) is 5.76. The van der Waals surface area contributed by atoms with Crippen molar-refractivity contribution in [2.75, 3.05) is 0 Å². The summed E-state index contributed by atoms with van der Waals surface area (Å²) in [6, 6.07) is 1.38. The van der Waals surface area contributed by atoms with Crippen LogP contribution in [0.3, 0.4) is 0 Å². The van der Waals surface area contributed by atoms with Crippen LogP contribution in [-0.4, -0.2) is 12.1 Å². The number of fused-ring (bicyclic) bond motifs is 2. The van der Waals surface area contributed by atoms with Gasteiger partial charge in [0.05, 0.1) is 12.1 Å². The van der Waals surface area contributed by atoms with Crippen molar-refractivity contribution in [1.29, 1.82) is 0 Å². The Bertz CT molecular complexity index is 338. The minimum Gasteiger partial charge on any atom is -0.190 e. The minimum atomic E-state index is 0.690. The van der Waals surface area contributed by atoms with Crippen LogP contribution in [0.1, 0.15) is 32.1 Å². The molecule has 0 aromatic heterocycles. The van der Waals surface area contributed by atoms with Crippen molar-refractivity contribution in [2.45, 2.75) is 44.2 Å². The van der Waals surface area contributed by atoms with Gasteiger partial charge in [0, 0.05) is 5.92 Å². The average Bonchev–Trinajstić information content (AvgIpc) is 2.94. The quantitative estimate of drug-likeness (QED) is 0.538. The van der Waals surface area contributed by atoms with E-state index >= 15 is 0 Å². The van der Waals surface area contributed by atoms with E-state index in [9.17, 15) is 0 Å². The van der Waals surface area contributed by atoms with Gasteiger partial charge in [-0.1, -0.05) is 0 Å². The largest absolute Gasteiger partial charge is 0.190 e. The van der Waals surface area contributed by atoms with E-state index in [0.29, 0.717) is 17.5 Å². The summed E-state index contributed by atoms with van der Waals surface area (Å²) < 4.78 is 0. The highest BCUT2D eigenvalue weighted by molar-refractivity contribution is 5.31. The Morgan fingerprint density at radius 3 is 2.46 bits per heavy atom. The SMILES string of the molecule is C1CC12C[C@@H]1[C@H]3N=NC([C@H]32)C12CC2. The third-order valence-corrected chi connectivity index (χ3v) is 5.83. The van der Waals surface area contributed by atoms with Gasteiger partial charge in [-0.2, -0.15) is 10.2 Å². The number of rotatable bonds is 0. The predicted molar refractivity (Wildman–Crippen MR) is 47.4 cm³/mol. The Morgan fingerprint density at radius 1 is 1.00 bits per heavy atom. The van der Waals surface area contributed by atoms with Crippen LogP contribution in [-0.2, 0) is 0 Å². The van der Waals surface area contributed by atoms with E-state index < -0.39 is 0 Å². The normalized spacial score (nSPS) is 59.7. The van der Waals surface area contributed by atoms with Gasteiger partial charge in [0.1, 0.15) is 0 Å². The highest BCUT2D eigenvalue weighted by atomic mass is 15.3. The molecule has 2 nitrogen and oxygen atoms in total.